The minimum absolute atomic E-state index is 0.247. The highest BCUT2D eigenvalue weighted by Gasteiger charge is 2.11. The normalized spacial score (nSPS) is 10.7. The molecule has 0 atom stereocenters. The first kappa shape index (κ1) is 18.5. The molecule has 4 rings (SSSR count). The fourth-order valence-electron chi connectivity index (χ4n) is 2.93. The summed E-state index contributed by atoms with van der Waals surface area (Å²) < 4.78 is 13.0. The molecule has 4 aromatic rings. The van der Waals surface area contributed by atoms with Crippen LogP contribution in [0.2, 0.25) is 0 Å². The van der Waals surface area contributed by atoms with Crippen molar-refractivity contribution in [3.05, 3.63) is 90.1 Å². The van der Waals surface area contributed by atoms with E-state index in [9.17, 15) is 9.18 Å². The number of nitrogens with one attached hydrogen (secondary N) is 2. The fraction of sp³-hybridized carbons (Fsp3) is 0.0909. The molecule has 0 unspecified atom stereocenters. The van der Waals surface area contributed by atoms with Crippen LogP contribution in [-0.2, 0) is 6.42 Å². The van der Waals surface area contributed by atoms with E-state index in [4.69, 9.17) is 0 Å². The number of pyridine rings is 1. The van der Waals surface area contributed by atoms with Crippen LogP contribution >= 0.6 is 0 Å². The molecule has 2 N–H and O–H groups in total. The van der Waals surface area contributed by atoms with E-state index in [2.05, 4.69) is 25.6 Å². The number of benzene rings is 2. The second-order valence-electron chi connectivity index (χ2n) is 6.40. The number of fused-ring (bicyclic) bond motifs is 1. The van der Waals surface area contributed by atoms with Gasteiger partial charge in [0, 0.05) is 24.3 Å². The van der Waals surface area contributed by atoms with E-state index in [1.165, 1.54) is 18.3 Å². The van der Waals surface area contributed by atoms with Gasteiger partial charge in [-0.2, -0.15) is 0 Å². The molecule has 1 amide bonds. The van der Waals surface area contributed by atoms with Crippen LogP contribution < -0.4 is 10.6 Å². The maximum absolute atomic E-state index is 13.0. The summed E-state index contributed by atoms with van der Waals surface area (Å²) in [5, 5.41) is 6.89. The summed E-state index contributed by atoms with van der Waals surface area (Å²) in [6.07, 6.45) is 3.90. The van der Waals surface area contributed by atoms with Crippen molar-refractivity contribution in [2.24, 2.45) is 0 Å². The van der Waals surface area contributed by atoms with Crippen molar-refractivity contribution in [1.29, 1.82) is 0 Å². The smallest absolute Gasteiger partial charge is 0.274 e. The maximum atomic E-state index is 13.0. The van der Waals surface area contributed by atoms with Crippen LogP contribution in [0.15, 0.2) is 73.1 Å². The van der Waals surface area contributed by atoms with Crippen LogP contribution in [0.3, 0.4) is 0 Å². The first-order valence-electron chi connectivity index (χ1n) is 9.15. The maximum Gasteiger partial charge on any atom is 0.274 e. The van der Waals surface area contributed by atoms with Gasteiger partial charge in [-0.15, -0.1) is 0 Å². The van der Waals surface area contributed by atoms with E-state index < -0.39 is 0 Å². The summed E-state index contributed by atoms with van der Waals surface area (Å²) in [5.74, 6) is -0.243. The number of para-hydroxylation sites is 1. The highest BCUT2D eigenvalue weighted by atomic mass is 19.1. The molecule has 0 aliphatic rings. The minimum atomic E-state index is -0.341. The van der Waals surface area contributed by atoms with E-state index >= 15 is 0 Å². The summed E-state index contributed by atoms with van der Waals surface area (Å²) >= 11 is 0. The second-order valence-corrected chi connectivity index (χ2v) is 6.40. The van der Waals surface area contributed by atoms with Gasteiger partial charge in [-0.25, -0.2) is 14.4 Å². The Morgan fingerprint density at radius 3 is 2.62 bits per heavy atom. The predicted molar refractivity (Wildman–Crippen MR) is 110 cm³/mol. The van der Waals surface area contributed by atoms with Crippen LogP contribution in [-0.4, -0.2) is 27.4 Å². The van der Waals surface area contributed by atoms with Gasteiger partial charge in [0.2, 0.25) is 5.95 Å². The molecule has 7 heteroatoms. The Labute approximate surface area is 166 Å². The number of hydrogen-bond acceptors (Lipinski definition) is 5. The van der Waals surface area contributed by atoms with Crippen molar-refractivity contribution >= 4 is 28.4 Å². The van der Waals surface area contributed by atoms with E-state index in [0.717, 1.165) is 16.5 Å². The Morgan fingerprint density at radius 2 is 1.76 bits per heavy atom. The van der Waals surface area contributed by atoms with E-state index in [-0.39, 0.29) is 17.4 Å². The summed E-state index contributed by atoms with van der Waals surface area (Å²) in [5.41, 5.74) is 2.58. The van der Waals surface area contributed by atoms with Gasteiger partial charge in [0.05, 0.1) is 11.2 Å². The molecule has 29 heavy (non-hydrogen) atoms. The Bertz CT molecular complexity index is 1140. The quantitative estimate of drug-likeness (QED) is 0.521. The predicted octanol–water partition coefficient (Wildman–Crippen LogP) is 4.07. The third-order valence-corrected chi connectivity index (χ3v) is 4.38. The lowest BCUT2D eigenvalue weighted by molar-refractivity contribution is 0.102. The molecule has 0 radical (unpaired) electrons. The Kier molecular flexibility index (Phi) is 5.38. The zero-order valence-corrected chi connectivity index (χ0v) is 15.5. The summed E-state index contributed by atoms with van der Waals surface area (Å²) in [6, 6.07) is 17.3. The number of hydrogen-bond donors (Lipinski definition) is 2. The molecule has 2 aromatic carbocycles. The van der Waals surface area contributed by atoms with Gasteiger partial charge in [-0.05, 0) is 42.3 Å². The molecule has 0 aliphatic heterocycles. The average molecular weight is 387 g/mol. The van der Waals surface area contributed by atoms with Crippen molar-refractivity contribution in [1.82, 2.24) is 15.0 Å². The van der Waals surface area contributed by atoms with E-state index in [0.29, 0.717) is 24.6 Å². The Hall–Kier alpha value is -3.87. The molecule has 0 aliphatic carbocycles. The SMILES string of the molecule is O=C(Nc1cccc2cccnc12)c1ccnc(NCCc2ccc(F)cc2)n1. The zero-order chi connectivity index (χ0) is 20.1. The number of carbonyl (C=O) groups is 1. The molecular weight excluding hydrogens is 369 g/mol. The lowest BCUT2D eigenvalue weighted by Gasteiger charge is -2.09. The van der Waals surface area contributed by atoms with Gasteiger partial charge in [0.15, 0.2) is 0 Å². The molecule has 0 bridgehead atoms. The van der Waals surface area contributed by atoms with E-state index in [1.54, 1.807) is 30.5 Å². The molecule has 144 valence electrons. The van der Waals surface area contributed by atoms with Crippen molar-refractivity contribution in [3.63, 3.8) is 0 Å². The van der Waals surface area contributed by atoms with Crippen molar-refractivity contribution in [3.8, 4) is 0 Å². The molecule has 0 saturated carbocycles. The van der Waals surface area contributed by atoms with Crippen LogP contribution in [0.25, 0.3) is 10.9 Å². The highest BCUT2D eigenvalue weighted by Crippen LogP contribution is 2.21. The fourth-order valence-corrected chi connectivity index (χ4v) is 2.93. The van der Waals surface area contributed by atoms with Crippen LogP contribution in [0.5, 0.6) is 0 Å². The average Bonchev–Trinajstić information content (AvgIpc) is 2.76. The summed E-state index contributed by atoms with van der Waals surface area (Å²) in [4.78, 5) is 25.4. The molecule has 0 saturated heterocycles. The lowest BCUT2D eigenvalue weighted by atomic mass is 10.1. The van der Waals surface area contributed by atoms with Gasteiger partial charge in [-0.3, -0.25) is 9.78 Å². The van der Waals surface area contributed by atoms with Gasteiger partial charge < -0.3 is 10.6 Å². The lowest BCUT2D eigenvalue weighted by Crippen LogP contribution is -2.16. The van der Waals surface area contributed by atoms with Crippen LogP contribution in [0.1, 0.15) is 16.1 Å². The van der Waals surface area contributed by atoms with Crippen molar-refractivity contribution < 1.29 is 9.18 Å². The monoisotopic (exact) mass is 387 g/mol. The highest BCUT2D eigenvalue weighted by molar-refractivity contribution is 6.07. The second kappa shape index (κ2) is 8.43. The van der Waals surface area contributed by atoms with Gasteiger partial charge in [0.1, 0.15) is 11.5 Å². The summed E-state index contributed by atoms with van der Waals surface area (Å²) in [7, 11) is 0. The first-order valence-corrected chi connectivity index (χ1v) is 9.15. The van der Waals surface area contributed by atoms with Gasteiger partial charge in [0.25, 0.3) is 5.91 Å². The number of halogens is 1. The third kappa shape index (κ3) is 4.52. The first-order chi connectivity index (χ1) is 14.2. The summed E-state index contributed by atoms with van der Waals surface area (Å²) in [6.45, 7) is 0.559. The standard InChI is InChI=1S/C22H18FN5O/c23-17-8-6-15(7-9-17)10-13-25-22-26-14-11-19(28-22)21(29)27-18-5-1-3-16-4-2-12-24-20(16)18/h1-9,11-12,14H,10,13H2,(H,27,29)(H,25,26,28). The van der Waals surface area contributed by atoms with Crippen molar-refractivity contribution in [2.75, 3.05) is 17.2 Å². The molecule has 2 heterocycles. The third-order valence-electron chi connectivity index (χ3n) is 4.38. The minimum Gasteiger partial charge on any atom is -0.354 e. The zero-order valence-electron chi connectivity index (χ0n) is 15.5. The van der Waals surface area contributed by atoms with Gasteiger partial charge >= 0.3 is 0 Å². The van der Waals surface area contributed by atoms with Gasteiger partial charge in [-0.1, -0.05) is 30.3 Å². The van der Waals surface area contributed by atoms with E-state index in [1.807, 2.05) is 24.3 Å². The number of nitrogens with zero attached hydrogens (tertiary/aromatic N) is 3. The molecule has 0 fully saturated rings. The number of amides is 1. The number of rotatable bonds is 6. The van der Waals surface area contributed by atoms with Crippen molar-refractivity contribution in [2.45, 2.75) is 6.42 Å². The molecule has 6 nitrogen and oxygen atoms in total. The Morgan fingerprint density at radius 1 is 0.931 bits per heavy atom. The molecule has 0 spiro atoms. The van der Waals surface area contributed by atoms with Crippen LogP contribution in [0, 0.1) is 5.82 Å². The number of aromatic nitrogens is 3. The molecule has 2 aromatic heterocycles. The number of anilines is 2. The van der Waals surface area contributed by atoms with Crippen LogP contribution in [0.4, 0.5) is 16.0 Å². The number of carbonyl (C=O) groups excluding carboxylic acids is 1. The topological polar surface area (TPSA) is 79.8 Å². The molecular formula is C22H18FN5O. The Balaban J connectivity index is 1.42. The largest absolute Gasteiger partial charge is 0.354 e.